The van der Waals surface area contributed by atoms with Crippen molar-refractivity contribution in [2.75, 3.05) is 0 Å². The van der Waals surface area contributed by atoms with Crippen molar-refractivity contribution >= 4 is 17.0 Å². The number of pyridine rings is 1. The largest absolute Gasteiger partial charge is 0.481 e. The molecule has 36 heavy (non-hydrogen) atoms. The second-order valence-corrected chi connectivity index (χ2v) is 8.82. The zero-order valence-corrected chi connectivity index (χ0v) is 18.8. The summed E-state index contributed by atoms with van der Waals surface area (Å²) in [4.78, 5) is 22.4. The van der Waals surface area contributed by atoms with Crippen LogP contribution in [-0.4, -0.2) is 32.1 Å². The van der Waals surface area contributed by atoms with Crippen molar-refractivity contribution in [2.24, 2.45) is 5.92 Å². The first-order valence-electron chi connectivity index (χ1n) is 11.4. The minimum Gasteiger partial charge on any atom is -0.481 e. The van der Waals surface area contributed by atoms with Crippen molar-refractivity contribution in [2.45, 2.75) is 38.0 Å². The van der Waals surface area contributed by atoms with E-state index in [-0.39, 0.29) is 28.9 Å². The number of benzene rings is 2. The molecule has 0 radical (unpaired) electrons. The summed E-state index contributed by atoms with van der Waals surface area (Å²) in [7, 11) is 0. The van der Waals surface area contributed by atoms with Gasteiger partial charge in [-0.1, -0.05) is 6.07 Å². The topological polar surface area (TPSA) is 88.1 Å². The van der Waals surface area contributed by atoms with E-state index in [0.29, 0.717) is 48.2 Å². The number of carboxylic acids is 1. The molecule has 4 aromatic rings. The van der Waals surface area contributed by atoms with E-state index < -0.39 is 23.5 Å². The molecule has 0 saturated heterocycles. The summed E-state index contributed by atoms with van der Waals surface area (Å²) in [6.07, 6.45) is -0.594. The second kappa shape index (κ2) is 9.25. The molecule has 10 heteroatoms. The smallest absolute Gasteiger partial charge is 0.416 e. The number of hydrogen-bond donors (Lipinski definition) is 2. The van der Waals surface area contributed by atoms with Crippen molar-refractivity contribution in [1.82, 2.24) is 15.0 Å². The van der Waals surface area contributed by atoms with Gasteiger partial charge >= 0.3 is 12.1 Å². The summed E-state index contributed by atoms with van der Waals surface area (Å²) in [5, 5.41) is 9.10. The van der Waals surface area contributed by atoms with Crippen molar-refractivity contribution in [3.8, 4) is 28.4 Å². The molecular weight excluding hydrogens is 478 g/mol. The van der Waals surface area contributed by atoms with Crippen LogP contribution in [0.2, 0.25) is 0 Å². The molecule has 0 aliphatic heterocycles. The van der Waals surface area contributed by atoms with E-state index in [1.807, 2.05) is 0 Å². The summed E-state index contributed by atoms with van der Waals surface area (Å²) < 4.78 is 59.7. The number of H-pyrrole nitrogens is 1. The monoisotopic (exact) mass is 499 g/mol. The Morgan fingerprint density at radius 2 is 1.75 bits per heavy atom. The molecule has 0 spiro atoms. The maximum atomic E-state index is 15.0. The predicted octanol–water partition coefficient (Wildman–Crippen LogP) is 6.47. The molecule has 2 aromatic carbocycles. The number of aromatic nitrogens is 3. The average molecular weight is 499 g/mol. The molecule has 186 valence electrons. The number of alkyl halides is 3. The van der Waals surface area contributed by atoms with Gasteiger partial charge < -0.3 is 14.8 Å². The number of ether oxygens (including phenoxy) is 1. The van der Waals surface area contributed by atoms with E-state index in [1.54, 1.807) is 24.4 Å². The highest BCUT2D eigenvalue weighted by Gasteiger charge is 2.31. The van der Waals surface area contributed by atoms with Gasteiger partial charge in [0.05, 0.1) is 28.1 Å². The summed E-state index contributed by atoms with van der Waals surface area (Å²) >= 11 is 0. The van der Waals surface area contributed by atoms with Crippen LogP contribution in [0.1, 0.15) is 31.2 Å². The lowest BCUT2D eigenvalue weighted by Gasteiger charge is -2.26. The number of fused-ring (bicyclic) bond motifs is 1. The normalized spacial score (nSPS) is 18.3. The van der Waals surface area contributed by atoms with Crippen LogP contribution in [0.25, 0.3) is 33.5 Å². The first-order valence-corrected chi connectivity index (χ1v) is 11.4. The average Bonchev–Trinajstić information content (AvgIpc) is 3.27. The highest BCUT2D eigenvalue weighted by atomic mass is 19.4. The fourth-order valence-corrected chi connectivity index (χ4v) is 4.42. The Kier molecular flexibility index (Phi) is 6.11. The Morgan fingerprint density at radius 1 is 1.00 bits per heavy atom. The number of halogens is 4. The first kappa shape index (κ1) is 23.8. The number of carboxylic acid groups (broad SMARTS) is 1. The van der Waals surface area contributed by atoms with E-state index in [9.17, 15) is 22.4 Å². The molecule has 2 N–H and O–H groups in total. The van der Waals surface area contributed by atoms with Crippen molar-refractivity contribution < 1.29 is 32.2 Å². The van der Waals surface area contributed by atoms with Crippen LogP contribution in [0.3, 0.4) is 0 Å². The number of nitrogens with one attached hydrogen (secondary N) is 1. The molecule has 1 fully saturated rings. The third-order valence-corrected chi connectivity index (χ3v) is 6.42. The molecule has 1 aliphatic rings. The third kappa shape index (κ3) is 4.89. The lowest BCUT2D eigenvalue weighted by Crippen LogP contribution is -2.28. The number of aliphatic carboxylic acids is 1. The first-order chi connectivity index (χ1) is 17.2. The fourth-order valence-electron chi connectivity index (χ4n) is 4.42. The van der Waals surface area contributed by atoms with Crippen LogP contribution < -0.4 is 4.74 Å². The predicted molar refractivity (Wildman–Crippen MR) is 124 cm³/mol. The summed E-state index contributed by atoms with van der Waals surface area (Å²) in [6.45, 7) is 0. The quantitative estimate of drug-likeness (QED) is 0.307. The van der Waals surface area contributed by atoms with Gasteiger partial charge in [-0.15, -0.1) is 0 Å². The lowest BCUT2D eigenvalue weighted by atomic mass is 9.87. The van der Waals surface area contributed by atoms with Crippen LogP contribution in [0.4, 0.5) is 17.6 Å². The van der Waals surface area contributed by atoms with Gasteiger partial charge in [-0.05, 0) is 67.6 Å². The lowest BCUT2D eigenvalue weighted by molar-refractivity contribution is -0.143. The number of aromatic amines is 1. The number of imidazole rings is 1. The molecule has 2 heterocycles. The minimum absolute atomic E-state index is 0.0910. The van der Waals surface area contributed by atoms with E-state index in [0.717, 1.165) is 12.1 Å². The van der Waals surface area contributed by atoms with Gasteiger partial charge in [0.2, 0.25) is 5.88 Å². The Labute approximate surface area is 203 Å². The van der Waals surface area contributed by atoms with Gasteiger partial charge in [0.1, 0.15) is 17.7 Å². The maximum Gasteiger partial charge on any atom is 0.416 e. The maximum absolute atomic E-state index is 15.0. The molecule has 1 aliphatic carbocycles. The molecule has 0 amide bonds. The molecule has 2 aromatic heterocycles. The Balaban J connectivity index is 1.30. The standard InChI is InChI=1S/C26H21F4N3O3/c27-20-11-15(16-4-10-23(31-13-16)36-18-6-1-14(2-7-18)25(34)35)3-8-19(20)24-32-21-9-5-17(26(28,29)30)12-22(21)33-24/h3-5,8-14,18H,1-2,6-7H2,(H,32,33)(H,34,35)/t14-,18-. The van der Waals surface area contributed by atoms with Crippen LogP contribution in [0.5, 0.6) is 5.88 Å². The molecular formula is C26H21F4N3O3. The van der Waals surface area contributed by atoms with Crippen LogP contribution in [0.15, 0.2) is 54.7 Å². The number of rotatable bonds is 5. The summed E-state index contributed by atoms with van der Waals surface area (Å²) in [5.74, 6) is -1.14. The van der Waals surface area contributed by atoms with Crippen molar-refractivity contribution in [3.05, 3.63) is 66.1 Å². The van der Waals surface area contributed by atoms with Crippen LogP contribution in [-0.2, 0) is 11.0 Å². The molecule has 0 unspecified atom stereocenters. The van der Waals surface area contributed by atoms with Gasteiger partial charge in [0, 0.05) is 17.8 Å². The molecule has 0 bridgehead atoms. The van der Waals surface area contributed by atoms with Gasteiger partial charge in [-0.3, -0.25) is 4.79 Å². The number of nitrogens with zero attached hydrogens (tertiary/aromatic N) is 2. The van der Waals surface area contributed by atoms with E-state index in [4.69, 9.17) is 9.84 Å². The molecule has 5 rings (SSSR count). The van der Waals surface area contributed by atoms with Gasteiger partial charge in [0.15, 0.2) is 0 Å². The Hall–Kier alpha value is -3.95. The van der Waals surface area contributed by atoms with E-state index in [1.165, 1.54) is 18.2 Å². The van der Waals surface area contributed by atoms with Crippen LogP contribution >= 0.6 is 0 Å². The fraction of sp³-hybridized carbons (Fsp3) is 0.269. The van der Waals surface area contributed by atoms with E-state index in [2.05, 4.69) is 15.0 Å². The zero-order valence-electron chi connectivity index (χ0n) is 18.8. The minimum atomic E-state index is -4.49. The van der Waals surface area contributed by atoms with Gasteiger partial charge in [-0.2, -0.15) is 13.2 Å². The highest BCUT2D eigenvalue weighted by molar-refractivity contribution is 5.81. The molecule has 6 nitrogen and oxygen atoms in total. The summed E-state index contributed by atoms with van der Waals surface area (Å²) in [5.41, 5.74) is 0.997. The molecule has 0 atom stereocenters. The zero-order chi connectivity index (χ0) is 25.4. The van der Waals surface area contributed by atoms with Crippen molar-refractivity contribution in [1.29, 1.82) is 0 Å². The number of carbonyl (C=O) groups is 1. The highest BCUT2D eigenvalue weighted by Crippen LogP contribution is 2.33. The van der Waals surface area contributed by atoms with Crippen molar-refractivity contribution in [3.63, 3.8) is 0 Å². The SMILES string of the molecule is O=C(O)[C@H]1CC[C@H](Oc2ccc(-c3ccc(-c4nc5cc(C(F)(F)F)ccc5[nH]4)c(F)c3)cn2)CC1. The third-order valence-electron chi connectivity index (χ3n) is 6.42. The second-order valence-electron chi connectivity index (χ2n) is 8.82. The van der Waals surface area contributed by atoms with Crippen LogP contribution in [0, 0.1) is 11.7 Å². The molecule has 1 saturated carbocycles. The van der Waals surface area contributed by atoms with Gasteiger partial charge in [-0.25, -0.2) is 14.4 Å². The Morgan fingerprint density at radius 3 is 2.39 bits per heavy atom. The van der Waals surface area contributed by atoms with E-state index >= 15 is 0 Å². The summed E-state index contributed by atoms with van der Waals surface area (Å²) in [6, 6.07) is 11.1. The van der Waals surface area contributed by atoms with Gasteiger partial charge in [0.25, 0.3) is 0 Å². The Bertz CT molecular complexity index is 1410. The number of hydrogen-bond acceptors (Lipinski definition) is 4.